The summed E-state index contributed by atoms with van der Waals surface area (Å²) in [7, 11) is 0. The predicted molar refractivity (Wildman–Crippen MR) is 449 cm³/mol. The van der Waals surface area contributed by atoms with Gasteiger partial charge in [0.25, 0.3) is 0 Å². The number of nitrogens with zero attached hydrogens (tertiary/aromatic N) is 2. The number of unbranched alkanes of at least 4 members (excludes halogenated alkanes) is 18. The summed E-state index contributed by atoms with van der Waals surface area (Å²) in [4.78, 5) is 22.0. The van der Waals surface area contributed by atoms with E-state index in [1.807, 2.05) is 79.4 Å². The fraction of sp³-hybridized carbons (Fsp3) is 0.476. The summed E-state index contributed by atoms with van der Waals surface area (Å²) in [6.07, 6.45) is 63.7. The molecule has 0 bridgehead atoms. The van der Waals surface area contributed by atoms with Crippen LogP contribution >= 0.6 is 82.4 Å². The molecular formula is C84H116BBr6N2NaO6P. The third kappa shape index (κ3) is 73.3. The zero-order chi connectivity index (χ0) is 73.4. The average Bonchev–Trinajstić information content (AvgIpc) is 1.11. The number of carbonyl (C=O) groups excluding carboxylic acids is 2. The number of aryl methyl sites for hydroxylation is 3. The maximum atomic E-state index is 10.1. The van der Waals surface area contributed by atoms with E-state index in [1.165, 1.54) is 180 Å². The number of aromatic hydroxyl groups is 1. The molecule has 0 saturated carbocycles. The molecule has 5 aromatic rings. The Morgan fingerprint density at radius 1 is 0.515 bits per heavy atom. The molecule has 1 fully saturated rings. The largest absolute Gasteiger partial charge is 1.00 e. The number of benzene rings is 5. The fourth-order valence-electron chi connectivity index (χ4n) is 8.99. The van der Waals surface area contributed by atoms with Crippen LogP contribution in [0.2, 0.25) is 0 Å². The molecule has 0 spiro atoms. The van der Waals surface area contributed by atoms with Gasteiger partial charge in [0.2, 0.25) is 0 Å². The summed E-state index contributed by atoms with van der Waals surface area (Å²) < 4.78 is 11.2. The molecule has 1 aliphatic heterocycles. The van der Waals surface area contributed by atoms with Crippen LogP contribution in [0.25, 0.3) is 0 Å². The van der Waals surface area contributed by atoms with Crippen LogP contribution < -0.4 is 51.3 Å². The number of carbonyl (C=O) groups is 2. The number of aliphatic hydroxyl groups excluding tert-OH is 1. The minimum absolute atomic E-state index is 0. The van der Waals surface area contributed by atoms with Crippen molar-refractivity contribution in [1.29, 1.82) is 0 Å². The Kier molecular flexibility index (Phi) is 88.4. The van der Waals surface area contributed by atoms with Gasteiger partial charge in [0, 0.05) is 49.0 Å². The number of alkyl halides is 2. The van der Waals surface area contributed by atoms with Crippen molar-refractivity contribution >= 4 is 103 Å². The van der Waals surface area contributed by atoms with Crippen molar-refractivity contribution in [1.82, 2.24) is 4.90 Å². The number of aldehydes is 2. The number of ether oxygens (including phenoxy) is 2. The second-order valence-electron chi connectivity index (χ2n) is 23.4. The van der Waals surface area contributed by atoms with E-state index in [9.17, 15) is 9.59 Å². The second kappa shape index (κ2) is 82.3. The van der Waals surface area contributed by atoms with Gasteiger partial charge in [-0.15, -0.1) is 38.5 Å². The maximum Gasteiger partial charge on any atom is 1.00 e. The summed E-state index contributed by atoms with van der Waals surface area (Å²) in [5, 5.41) is 19.5. The van der Waals surface area contributed by atoms with Crippen molar-refractivity contribution < 1.29 is 81.7 Å². The molecule has 3 radical (unpaired) electrons. The van der Waals surface area contributed by atoms with Crippen LogP contribution in [0.4, 0.5) is 0 Å². The van der Waals surface area contributed by atoms with E-state index < -0.39 is 0 Å². The van der Waals surface area contributed by atoms with Crippen LogP contribution in [-0.4, -0.2) is 105 Å². The Labute approximate surface area is 693 Å². The van der Waals surface area contributed by atoms with E-state index in [4.69, 9.17) is 58.2 Å². The first-order valence-electron chi connectivity index (χ1n) is 34.3. The third-order valence-electron chi connectivity index (χ3n) is 14.6. The standard InChI is InChI=1S/C28H40NO.C12H25Br.C9H9N.C8H9Br.C8H10O.C8H8O.C7H6O2.C4H8O.B.Br3P.BrH.Na.H/c1-5-9-10-11-12-13-14-15-16-17-25-30-28-20-18-27(19-21-28)26-29(22-6-2,23-7-3)24-8-4;1-2-3-4-5-6-7-8-9-10-11-12-13;1-4-7-10(8-5-2)9-6-3;3*1-7-2-4-8(6-9)5-3-7;8-5-6-1-3-7(9)4-2-6;1-2-4-5-3-1;;1-4(2)3;;;/h2-4,18-21H,5,9-17,22-26H2,1H3;2-12H2,1H3;1-3H,7-9H2;2-5H,6H2,1H3;2-5,9H,6H2,1H3;2-6H,1H3;1-5,9H;1-4H2;;;1H;;/q+1;;;;;;;;;;;+1;-1/p-1. The van der Waals surface area contributed by atoms with E-state index in [2.05, 4.69) is 171 Å². The SMILES string of the molecule is BrP(Br)Br.C#CCN(CC#C)CC#C.C#CC[N+](CC#C)(CC#C)Cc1ccc(OCCCCCCCCCCCC)cc1.C1CCOC1.CCCCCCCCCCCCBr.Cc1ccc(C=O)cc1.Cc1ccc(CBr)cc1.Cc1ccc(CO)cc1.O=Cc1ccc(O)cc1.[B].[Br-].[H-].[Na+]. The van der Waals surface area contributed by atoms with Gasteiger partial charge in [-0.3, -0.25) is 19.0 Å². The number of terminal acetylenes is 6. The molecular weight excluding hydrogens is 1680 g/mol. The van der Waals surface area contributed by atoms with Gasteiger partial charge in [0.1, 0.15) is 54.3 Å². The van der Waals surface area contributed by atoms with Crippen LogP contribution in [0.5, 0.6) is 11.5 Å². The molecule has 5 aromatic carbocycles. The number of hydrogen-bond acceptors (Lipinski definition) is 7. The molecule has 2 N–H and O–H groups in total. The number of hydrogen-bond donors (Lipinski definition) is 2. The Morgan fingerprint density at radius 2 is 0.842 bits per heavy atom. The van der Waals surface area contributed by atoms with Crippen LogP contribution in [0.1, 0.15) is 211 Å². The van der Waals surface area contributed by atoms with Gasteiger partial charge in [-0.05, 0) is 170 Å². The number of quaternary nitrogens is 1. The van der Waals surface area contributed by atoms with Crippen LogP contribution in [0, 0.1) is 94.8 Å². The molecule has 8 nitrogen and oxygen atoms in total. The summed E-state index contributed by atoms with van der Waals surface area (Å²) in [6.45, 7) is 17.5. The monoisotopic (exact) mass is 1790 g/mol. The van der Waals surface area contributed by atoms with Gasteiger partial charge in [-0.2, -0.15) is 0 Å². The first-order valence-corrected chi connectivity index (χ1v) is 44.0. The van der Waals surface area contributed by atoms with Gasteiger partial charge >= 0.3 is 29.6 Å². The van der Waals surface area contributed by atoms with E-state index >= 15 is 0 Å². The van der Waals surface area contributed by atoms with Crippen molar-refractivity contribution in [2.45, 2.75) is 194 Å². The van der Waals surface area contributed by atoms with E-state index in [0.29, 0.717) is 49.3 Å². The Morgan fingerprint density at radius 3 is 1.15 bits per heavy atom. The minimum Gasteiger partial charge on any atom is -1.00 e. The fourth-order valence-corrected chi connectivity index (χ4v) is 9.76. The zero-order valence-electron chi connectivity index (χ0n) is 62.6. The molecule has 549 valence electrons. The van der Waals surface area contributed by atoms with Crippen molar-refractivity contribution in [3.05, 3.63) is 166 Å². The summed E-state index contributed by atoms with van der Waals surface area (Å²) >= 11 is 16.3. The summed E-state index contributed by atoms with van der Waals surface area (Å²) in [5.41, 5.74) is 8.52. The molecule has 17 heteroatoms. The summed E-state index contributed by atoms with van der Waals surface area (Å²) in [6, 6.07) is 38.1. The molecule has 1 aliphatic rings. The van der Waals surface area contributed by atoms with E-state index in [0.717, 1.165) is 67.6 Å². The first kappa shape index (κ1) is 109. The first-order chi connectivity index (χ1) is 47.5. The number of rotatable bonds is 34. The van der Waals surface area contributed by atoms with Gasteiger partial charge in [0.05, 0.1) is 32.8 Å². The van der Waals surface area contributed by atoms with Crippen molar-refractivity contribution in [3.63, 3.8) is 0 Å². The normalized spacial score (nSPS) is 10.2. The zero-order valence-corrected chi connectivity index (χ0v) is 74.0. The van der Waals surface area contributed by atoms with Crippen molar-refractivity contribution in [2.75, 3.05) is 64.4 Å². The Bertz CT molecular complexity index is 2730. The summed E-state index contributed by atoms with van der Waals surface area (Å²) in [5.74, 6) is 16.7. The number of aliphatic hydroxyl groups is 1. The van der Waals surface area contributed by atoms with Gasteiger partial charge in [-0.25, -0.2) is 0 Å². The van der Waals surface area contributed by atoms with Crippen molar-refractivity contribution in [3.8, 4) is 85.6 Å². The molecule has 0 aliphatic carbocycles. The van der Waals surface area contributed by atoms with E-state index in [-0.39, 0.29) is 72.8 Å². The topological polar surface area (TPSA) is 96.3 Å². The number of halogens is 6. The van der Waals surface area contributed by atoms with Crippen molar-refractivity contribution in [2.24, 2.45) is 0 Å². The average molecular weight is 1790 g/mol. The second-order valence-corrected chi connectivity index (χ2v) is 40.1. The molecule has 0 aromatic heterocycles. The smallest absolute Gasteiger partial charge is 1.00 e. The predicted octanol–water partition coefficient (Wildman–Crippen LogP) is 17.0. The Balaban J connectivity index is -0.000000213. The van der Waals surface area contributed by atoms with Gasteiger partial charge in [0.15, 0.2) is 0 Å². The molecule has 1 saturated heterocycles. The van der Waals surface area contributed by atoms with Gasteiger partial charge in [-0.1, -0.05) is 269 Å². The third-order valence-corrected chi connectivity index (χ3v) is 15.8. The van der Waals surface area contributed by atoms with Gasteiger partial charge < -0.3 is 38.1 Å². The molecule has 6 rings (SSSR count). The molecule has 0 amide bonds. The minimum atomic E-state index is -0.183. The quantitative estimate of drug-likeness (QED) is 0.00806. The van der Waals surface area contributed by atoms with Crippen LogP contribution in [-0.2, 0) is 23.2 Å². The molecule has 0 atom stereocenters. The van der Waals surface area contributed by atoms with Crippen LogP contribution in [0.3, 0.4) is 0 Å². The number of phenolic OH excluding ortho intramolecular Hbond substituents is 1. The van der Waals surface area contributed by atoms with Crippen LogP contribution in [0.15, 0.2) is 121 Å². The molecule has 101 heavy (non-hydrogen) atoms. The molecule has 0 unspecified atom stereocenters. The Hall–Kier alpha value is -3.39. The number of phenols is 1. The molecule has 1 heterocycles. The van der Waals surface area contributed by atoms with E-state index in [1.54, 1.807) is 12.1 Å². The maximum absolute atomic E-state index is 10.1.